The summed E-state index contributed by atoms with van der Waals surface area (Å²) in [4.78, 5) is 3.57. The highest BCUT2D eigenvalue weighted by molar-refractivity contribution is 6.28. The summed E-state index contributed by atoms with van der Waals surface area (Å²) in [5.74, 6) is 0. The molecule has 0 aliphatic rings. The molecular weight excluding hydrogens is 502 g/mol. The van der Waals surface area contributed by atoms with Crippen LogP contribution in [0.25, 0.3) is 81.8 Å². The Hall–Kier alpha value is -5.79. The Morgan fingerprint density at radius 3 is 1.46 bits per heavy atom. The molecule has 9 aromatic rings. The first kappa shape index (κ1) is 22.1. The maximum absolute atomic E-state index is 7.36. The summed E-state index contributed by atoms with van der Waals surface area (Å²) < 4.78 is 11.6. The third-order valence-corrected chi connectivity index (χ3v) is 8.33. The maximum atomic E-state index is 7.36. The molecule has 0 N–H and O–H groups in total. The Morgan fingerprint density at radius 2 is 0.927 bits per heavy atom. The van der Waals surface area contributed by atoms with E-state index in [0.717, 1.165) is 71.5 Å². The zero-order chi connectivity index (χ0) is 27.1. The Bertz CT molecular complexity index is 2520. The van der Waals surface area contributed by atoms with Crippen LogP contribution in [0.3, 0.4) is 0 Å². The number of fused-ring (bicyclic) bond motifs is 11. The average Bonchev–Trinajstić information content (AvgIpc) is 3.69. The molecule has 3 aromatic heterocycles. The van der Waals surface area contributed by atoms with Crippen molar-refractivity contribution in [3.8, 4) is 11.4 Å². The van der Waals surface area contributed by atoms with Crippen molar-refractivity contribution in [2.45, 2.75) is 0 Å². The topological polar surface area (TPSA) is 27.4 Å². The SMILES string of the molecule is [C-]#[N+]c1ccc(-n2c3ccccc3c3c4oc5c(ccc6c5c5ccccc5n6-c5ccccc5)c4ccc32)cc1. The molecule has 0 saturated carbocycles. The second-order valence-corrected chi connectivity index (χ2v) is 10.4. The van der Waals surface area contributed by atoms with Crippen molar-refractivity contribution in [2.24, 2.45) is 0 Å². The van der Waals surface area contributed by atoms with E-state index in [1.54, 1.807) is 0 Å². The third-order valence-electron chi connectivity index (χ3n) is 8.33. The van der Waals surface area contributed by atoms with Crippen molar-refractivity contribution < 1.29 is 4.42 Å². The molecule has 0 spiro atoms. The fraction of sp³-hybridized carbons (Fsp3) is 0. The molecule has 4 nitrogen and oxygen atoms in total. The van der Waals surface area contributed by atoms with Crippen molar-refractivity contribution in [3.63, 3.8) is 0 Å². The average molecular weight is 524 g/mol. The van der Waals surface area contributed by atoms with E-state index >= 15 is 0 Å². The number of para-hydroxylation sites is 3. The smallest absolute Gasteiger partial charge is 0.187 e. The Labute approximate surface area is 234 Å². The van der Waals surface area contributed by atoms with Crippen LogP contribution in [0.1, 0.15) is 0 Å². The zero-order valence-corrected chi connectivity index (χ0v) is 21.9. The predicted octanol–water partition coefficient (Wildman–Crippen LogP) is 10.3. The molecule has 6 aromatic carbocycles. The number of benzene rings is 6. The van der Waals surface area contributed by atoms with Crippen molar-refractivity contribution in [1.82, 2.24) is 9.13 Å². The van der Waals surface area contributed by atoms with E-state index in [2.05, 4.69) is 117 Å². The fourth-order valence-corrected chi connectivity index (χ4v) is 6.61. The Balaban J connectivity index is 1.43. The fourth-order valence-electron chi connectivity index (χ4n) is 6.61. The van der Waals surface area contributed by atoms with E-state index in [4.69, 9.17) is 11.0 Å². The van der Waals surface area contributed by atoms with Gasteiger partial charge in [0, 0.05) is 32.9 Å². The number of aromatic nitrogens is 2. The van der Waals surface area contributed by atoms with Crippen molar-refractivity contribution in [2.75, 3.05) is 0 Å². The molecule has 0 bridgehead atoms. The molecule has 0 amide bonds. The normalized spacial score (nSPS) is 11.9. The van der Waals surface area contributed by atoms with Crippen LogP contribution in [-0.4, -0.2) is 9.13 Å². The summed E-state index contributed by atoms with van der Waals surface area (Å²) >= 11 is 0. The summed E-state index contributed by atoms with van der Waals surface area (Å²) in [5, 5.41) is 6.77. The minimum atomic E-state index is 0.632. The molecule has 0 fully saturated rings. The lowest BCUT2D eigenvalue weighted by Crippen LogP contribution is -1.92. The Kier molecular flexibility index (Phi) is 4.37. The molecule has 9 rings (SSSR count). The second-order valence-electron chi connectivity index (χ2n) is 10.4. The van der Waals surface area contributed by atoms with Crippen molar-refractivity contribution in [3.05, 3.63) is 139 Å². The van der Waals surface area contributed by atoms with Crippen LogP contribution in [-0.2, 0) is 0 Å². The van der Waals surface area contributed by atoms with Gasteiger partial charge in [0.05, 0.1) is 39.4 Å². The minimum Gasteiger partial charge on any atom is -0.455 e. The van der Waals surface area contributed by atoms with Gasteiger partial charge in [-0.1, -0.05) is 66.7 Å². The number of hydrogen-bond acceptors (Lipinski definition) is 1. The van der Waals surface area contributed by atoms with Gasteiger partial charge in [-0.15, -0.1) is 0 Å². The van der Waals surface area contributed by atoms with Gasteiger partial charge in [0.1, 0.15) is 11.2 Å². The highest BCUT2D eigenvalue weighted by Crippen LogP contribution is 2.44. The summed E-state index contributed by atoms with van der Waals surface area (Å²) in [5.41, 5.74) is 9.06. The van der Waals surface area contributed by atoms with Crippen LogP contribution < -0.4 is 0 Å². The van der Waals surface area contributed by atoms with E-state index in [1.165, 1.54) is 5.39 Å². The maximum Gasteiger partial charge on any atom is 0.187 e. The Morgan fingerprint density at radius 1 is 0.439 bits per heavy atom. The summed E-state index contributed by atoms with van der Waals surface area (Å²) in [6.45, 7) is 7.36. The van der Waals surface area contributed by atoms with Gasteiger partial charge in [0.25, 0.3) is 0 Å². The van der Waals surface area contributed by atoms with Crippen LogP contribution in [0.2, 0.25) is 0 Å². The first-order valence-electron chi connectivity index (χ1n) is 13.7. The molecule has 0 aliphatic carbocycles. The van der Waals surface area contributed by atoms with E-state index in [9.17, 15) is 0 Å². The minimum absolute atomic E-state index is 0.632. The lowest BCUT2D eigenvalue weighted by atomic mass is 10.1. The van der Waals surface area contributed by atoms with Gasteiger partial charge < -0.3 is 13.6 Å². The van der Waals surface area contributed by atoms with E-state index < -0.39 is 0 Å². The van der Waals surface area contributed by atoms with Gasteiger partial charge in [0.15, 0.2) is 5.69 Å². The van der Waals surface area contributed by atoms with E-state index in [0.29, 0.717) is 5.69 Å². The first-order chi connectivity index (χ1) is 20.3. The molecule has 4 heteroatoms. The van der Waals surface area contributed by atoms with Gasteiger partial charge in [-0.05, 0) is 60.7 Å². The largest absolute Gasteiger partial charge is 0.455 e. The molecular formula is C37H21N3O. The van der Waals surface area contributed by atoms with E-state index in [-0.39, 0.29) is 0 Å². The van der Waals surface area contributed by atoms with Crippen LogP contribution in [0.5, 0.6) is 0 Å². The van der Waals surface area contributed by atoms with Crippen LogP contribution >= 0.6 is 0 Å². The number of furan rings is 1. The third kappa shape index (κ3) is 2.92. The summed E-state index contributed by atoms with van der Waals surface area (Å²) in [6, 6.07) is 44.2. The molecule has 0 atom stereocenters. The van der Waals surface area contributed by atoms with Crippen LogP contribution in [0.4, 0.5) is 5.69 Å². The predicted molar refractivity (Wildman–Crippen MR) is 169 cm³/mol. The molecule has 41 heavy (non-hydrogen) atoms. The molecule has 0 aliphatic heterocycles. The van der Waals surface area contributed by atoms with Gasteiger partial charge in [0.2, 0.25) is 0 Å². The highest BCUT2D eigenvalue weighted by Gasteiger charge is 2.22. The van der Waals surface area contributed by atoms with Crippen molar-refractivity contribution in [1.29, 1.82) is 0 Å². The van der Waals surface area contributed by atoms with Gasteiger partial charge in [-0.3, -0.25) is 0 Å². The summed E-state index contributed by atoms with van der Waals surface area (Å²) in [6.07, 6.45) is 0. The van der Waals surface area contributed by atoms with Crippen molar-refractivity contribution >= 4 is 71.2 Å². The van der Waals surface area contributed by atoms with Gasteiger partial charge in [-0.25, -0.2) is 4.85 Å². The zero-order valence-electron chi connectivity index (χ0n) is 21.9. The standard InChI is InChI=1S/C37H21N3O/c1-38-23-15-17-25(18-16-23)40-31-14-8-6-12-29(31)35-33(40)22-20-27-26-19-21-32-34(36(26)41-37(27)35)28-11-5-7-13-30(28)39(32)24-9-3-2-4-10-24/h2-22H. The lowest BCUT2D eigenvalue weighted by Gasteiger charge is -2.07. The number of nitrogens with zero attached hydrogens (tertiary/aromatic N) is 3. The molecule has 3 heterocycles. The van der Waals surface area contributed by atoms with Crippen LogP contribution in [0.15, 0.2) is 132 Å². The number of rotatable bonds is 2. The van der Waals surface area contributed by atoms with Gasteiger partial charge in [-0.2, -0.15) is 0 Å². The summed E-state index contributed by atoms with van der Waals surface area (Å²) in [7, 11) is 0. The second kappa shape index (κ2) is 8.11. The molecule has 0 radical (unpaired) electrons. The van der Waals surface area contributed by atoms with E-state index in [1.807, 2.05) is 24.3 Å². The van der Waals surface area contributed by atoms with Gasteiger partial charge >= 0.3 is 0 Å². The number of hydrogen-bond donors (Lipinski definition) is 0. The quantitative estimate of drug-likeness (QED) is 0.207. The van der Waals surface area contributed by atoms with Crippen LogP contribution in [0, 0.1) is 6.57 Å². The molecule has 0 unspecified atom stereocenters. The highest BCUT2D eigenvalue weighted by atomic mass is 16.3. The molecule has 190 valence electrons. The molecule has 0 saturated heterocycles. The monoisotopic (exact) mass is 523 g/mol. The lowest BCUT2D eigenvalue weighted by molar-refractivity contribution is 0.677. The first-order valence-corrected chi connectivity index (χ1v) is 13.7.